The van der Waals surface area contributed by atoms with Crippen molar-refractivity contribution in [3.63, 3.8) is 0 Å². The molecule has 3 rings (SSSR count). The minimum absolute atomic E-state index is 0.609. The zero-order valence-electron chi connectivity index (χ0n) is 11.5. The molecule has 19 heavy (non-hydrogen) atoms. The lowest BCUT2D eigenvalue weighted by atomic mass is 10.0. The van der Waals surface area contributed by atoms with E-state index in [0.29, 0.717) is 6.04 Å². The molecule has 1 aliphatic rings. The largest absolute Gasteiger partial charge is 0.368 e. The van der Waals surface area contributed by atoms with Gasteiger partial charge in [0.25, 0.3) is 0 Å². The summed E-state index contributed by atoms with van der Waals surface area (Å²) in [4.78, 5) is 7.04. The molecule has 1 saturated heterocycles. The SMILES string of the molecule is CCNC1CCCN(c2cccc3cccnc23)C1. The van der Waals surface area contributed by atoms with Gasteiger partial charge in [0.1, 0.15) is 0 Å². The van der Waals surface area contributed by atoms with Crippen molar-refractivity contribution in [2.24, 2.45) is 0 Å². The molecule has 1 N–H and O–H groups in total. The second kappa shape index (κ2) is 5.57. The molecule has 0 amide bonds. The number of para-hydroxylation sites is 1. The summed E-state index contributed by atoms with van der Waals surface area (Å²) in [5.41, 5.74) is 2.41. The molecule has 0 spiro atoms. The third-order valence-electron chi connectivity index (χ3n) is 3.87. The van der Waals surface area contributed by atoms with Crippen LogP contribution in [-0.2, 0) is 0 Å². The van der Waals surface area contributed by atoms with Crippen molar-refractivity contribution >= 4 is 16.6 Å². The van der Waals surface area contributed by atoms with Crippen LogP contribution in [0.1, 0.15) is 19.8 Å². The molecule has 0 aliphatic carbocycles. The fraction of sp³-hybridized carbons (Fsp3) is 0.438. The van der Waals surface area contributed by atoms with Gasteiger partial charge in [-0.2, -0.15) is 0 Å². The number of likely N-dealkylation sites (N-methyl/N-ethyl adjacent to an activating group) is 1. The highest BCUT2D eigenvalue weighted by atomic mass is 15.2. The molecule has 1 aromatic heterocycles. The van der Waals surface area contributed by atoms with Gasteiger partial charge in [0.05, 0.1) is 11.2 Å². The van der Waals surface area contributed by atoms with Crippen molar-refractivity contribution in [2.45, 2.75) is 25.8 Å². The van der Waals surface area contributed by atoms with Crippen LogP contribution in [0.3, 0.4) is 0 Å². The van der Waals surface area contributed by atoms with Crippen LogP contribution in [0.15, 0.2) is 36.5 Å². The number of aromatic nitrogens is 1. The highest BCUT2D eigenvalue weighted by molar-refractivity contribution is 5.90. The van der Waals surface area contributed by atoms with Gasteiger partial charge in [0, 0.05) is 30.7 Å². The van der Waals surface area contributed by atoms with Gasteiger partial charge in [-0.05, 0) is 31.5 Å². The van der Waals surface area contributed by atoms with E-state index in [2.05, 4.69) is 46.4 Å². The number of pyridine rings is 1. The molecule has 100 valence electrons. The van der Waals surface area contributed by atoms with E-state index in [1.807, 2.05) is 12.3 Å². The van der Waals surface area contributed by atoms with Crippen molar-refractivity contribution in [2.75, 3.05) is 24.5 Å². The second-order valence-electron chi connectivity index (χ2n) is 5.20. The van der Waals surface area contributed by atoms with Crippen molar-refractivity contribution in [3.8, 4) is 0 Å². The molecule has 1 fully saturated rings. The highest BCUT2D eigenvalue weighted by Crippen LogP contribution is 2.27. The third kappa shape index (κ3) is 2.56. The Kier molecular flexibility index (Phi) is 3.65. The van der Waals surface area contributed by atoms with Crippen LogP contribution in [0.4, 0.5) is 5.69 Å². The summed E-state index contributed by atoms with van der Waals surface area (Å²) in [6, 6.07) is 11.2. The van der Waals surface area contributed by atoms with E-state index in [-0.39, 0.29) is 0 Å². The maximum Gasteiger partial charge on any atom is 0.0935 e. The first kappa shape index (κ1) is 12.4. The Labute approximate surface area is 114 Å². The summed E-state index contributed by atoms with van der Waals surface area (Å²) < 4.78 is 0. The Balaban J connectivity index is 1.91. The van der Waals surface area contributed by atoms with Crippen molar-refractivity contribution in [1.29, 1.82) is 0 Å². The van der Waals surface area contributed by atoms with Crippen molar-refractivity contribution in [1.82, 2.24) is 10.3 Å². The second-order valence-corrected chi connectivity index (χ2v) is 5.20. The molecule has 1 atom stereocenters. The van der Waals surface area contributed by atoms with E-state index in [1.54, 1.807) is 0 Å². The number of nitrogens with one attached hydrogen (secondary N) is 1. The molecule has 0 saturated carbocycles. The number of nitrogens with zero attached hydrogens (tertiary/aromatic N) is 2. The molecule has 1 aliphatic heterocycles. The monoisotopic (exact) mass is 255 g/mol. The Morgan fingerprint density at radius 2 is 2.21 bits per heavy atom. The Morgan fingerprint density at radius 3 is 3.11 bits per heavy atom. The lowest BCUT2D eigenvalue weighted by molar-refractivity contribution is 0.432. The van der Waals surface area contributed by atoms with Crippen molar-refractivity contribution < 1.29 is 0 Å². The first-order chi connectivity index (χ1) is 9.38. The quantitative estimate of drug-likeness (QED) is 0.914. The standard InChI is InChI=1S/C16H21N3/c1-2-17-14-8-5-11-19(12-14)15-9-3-6-13-7-4-10-18-16(13)15/h3-4,6-7,9-10,14,17H,2,5,8,11-12H2,1H3. The predicted octanol–water partition coefficient (Wildman–Crippen LogP) is 2.81. The van der Waals surface area contributed by atoms with Gasteiger partial charge in [0.15, 0.2) is 0 Å². The summed E-state index contributed by atoms with van der Waals surface area (Å²) >= 11 is 0. The third-order valence-corrected chi connectivity index (χ3v) is 3.87. The number of benzene rings is 1. The van der Waals surface area contributed by atoms with Crippen LogP contribution in [-0.4, -0.2) is 30.7 Å². The van der Waals surface area contributed by atoms with Gasteiger partial charge in [-0.1, -0.05) is 25.1 Å². The lowest BCUT2D eigenvalue weighted by Crippen LogP contribution is -2.45. The Hall–Kier alpha value is -1.61. The first-order valence-corrected chi connectivity index (χ1v) is 7.20. The molecular formula is C16H21N3. The zero-order valence-corrected chi connectivity index (χ0v) is 11.5. The Morgan fingerprint density at radius 1 is 1.32 bits per heavy atom. The van der Waals surface area contributed by atoms with Crippen LogP contribution in [0.5, 0.6) is 0 Å². The van der Waals surface area contributed by atoms with Crippen molar-refractivity contribution in [3.05, 3.63) is 36.5 Å². The van der Waals surface area contributed by atoms with Gasteiger partial charge in [-0.3, -0.25) is 4.98 Å². The van der Waals surface area contributed by atoms with E-state index in [9.17, 15) is 0 Å². The summed E-state index contributed by atoms with van der Waals surface area (Å²) in [5.74, 6) is 0. The number of fused-ring (bicyclic) bond motifs is 1. The predicted molar refractivity (Wildman–Crippen MR) is 80.7 cm³/mol. The average molecular weight is 255 g/mol. The minimum Gasteiger partial charge on any atom is -0.368 e. The summed E-state index contributed by atoms with van der Waals surface area (Å²) in [7, 11) is 0. The van der Waals surface area contributed by atoms with Gasteiger partial charge in [-0.25, -0.2) is 0 Å². The van der Waals surface area contributed by atoms with E-state index >= 15 is 0 Å². The molecule has 1 aromatic carbocycles. The number of hydrogen-bond donors (Lipinski definition) is 1. The van der Waals surface area contributed by atoms with E-state index < -0.39 is 0 Å². The van der Waals surface area contributed by atoms with Gasteiger partial charge >= 0.3 is 0 Å². The van der Waals surface area contributed by atoms with E-state index in [1.165, 1.54) is 23.9 Å². The lowest BCUT2D eigenvalue weighted by Gasteiger charge is -2.35. The maximum atomic E-state index is 4.57. The summed E-state index contributed by atoms with van der Waals surface area (Å²) in [6.45, 7) is 5.45. The molecule has 0 radical (unpaired) electrons. The normalized spacial score (nSPS) is 19.8. The average Bonchev–Trinajstić information content (AvgIpc) is 2.47. The van der Waals surface area contributed by atoms with E-state index in [0.717, 1.165) is 25.2 Å². The maximum absolute atomic E-state index is 4.57. The zero-order chi connectivity index (χ0) is 13.1. The van der Waals surface area contributed by atoms with Crippen LogP contribution >= 0.6 is 0 Å². The summed E-state index contributed by atoms with van der Waals surface area (Å²) in [6.07, 6.45) is 4.42. The molecular weight excluding hydrogens is 234 g/mol. The van der Waals surface area contributed by atoms with E-state index in [4.69, 9.17) is 0 Å². The van der Waals surface area contributed by atoms with Gasteiger partial charge < -0.3 is 10.2 Å². The topological polar surface area (TPSA) is 28.2 Å². The number of hydrogen-bond acceptors (Lipinski definition) is 3. The first-order valence-electron chi connectivity index (χ1n) is 7.20. The Bertz CT molecular complexity index is 545. The van der Waals surface area contributed by atoms with Crippen LogP contribution in [0.25, 0.3) is 10.9 Å². The molecule has 0 bridgehead atoms. The molecule has 3 heteroatoms. The summed E-state index contributed by atoms with van der Waals surface area (Å²) in [5, 5.41) is 4.80. The van der Waals surface area contributed by atoms with Gasteiger partial charge in [-0.15, -0.1) is 0 Å². The fourth-order valence-corrected chi connectivity index (χ4v) is 2.99. The molecule has 1 unspecified atom stereocenters. The number of piperidine rings is 1. The number of rotatable bonds is 3. The fourth-order valence-electron chi connectivity index (χ4n) is 2.99. The number of anilines is 1. The highest BCUT2D eigenvalue weighted by Gasteiger charge is 2.20. The van der Waals surface area contributed by atoms with Gasteiger partial charge in [0.2, 0.25) is 0 Å². The van der Waals surface area contributed by atoms with Crippen LogP contribution in [0, 0.1) is 0 Å². The molecule has 2 heterocycles. The van der Waals surface area contributed by atoms with Crippen LogP contribution < -0.4 is 10.2 Å². The van der Waals surface area contributed by atoms with Crippen LogP contribution in [0.2, 0.25) is 0 Å². The molecule has 2 aromatic rings. The molecule has 3 nitrogen and oxygen atoms in total. The smallest absolute Gasteiger partial charge is 0.0935 e. The minimum atomic E-state index is 0.609.